The number of anilines is 1. The Kier molecular flexibility index (Phi) is 3.66. The van der Waals surface area contributed by atoms with Crippen LogP contribution < -0.4 is 5.73 Å². The van der Waals surface area contributed by atoms with E-state index in [0.717, 1.165) is 13.1 Å². The second kappa shape index (κ2) is 5.44. The summed E-state index contributed by atoms with van der Waals surface area (Å²) in [6.45, 7) is 5.19. The fourth-order valence-corrected chi connectivity index (χ4v) is 3.47. The van der Waals surface area contributed by atoms with Crippen LogP contribution >= 0.6 is 0 Å². The molecule has 0 spiro atoms. The minimum atomic E-state index is 0.120. The molecule has 108 valence electrons. The van der Waals surface area contributed by atoms with Crippen molar-refractivity contribution >= 4 is 11.6 Å². The van der Waals surface area contributed by atoms with Gasteiger partial charge in [-0.25, -0.2) is 0 Å². The molecule has 0 saturated carbocycles. The highest BCUT2D eigenvalue weighted by Crippen LogP contribution is 2.25. The summed E-state index contributed by atoms with van der Waals surface area (Å²) < 4.78 is 0. The van der Waals surface area contributed by atoms with Crippen LogP contribution in [-0.2, 0) is 0 Å². The average molecular weight is 273 g/mol. The number of nitrogen functional groups attached to an aromatic ring is 1. The number of rotatable bonds is 1. The van der Waals surface area contributed by atoms with E-state index in [1.54, 1.807) is 6.07 Å². The Bertz CT molecular complexity index is 502. The highest BCUT2D eigenvalue weighted by Gasteiger charge is 2.35. The zero-order chi connectivity index (χ0) is 14.1. The lowest BCUT2D eigenvalue weighted by Crippen LogP contribution is -2.60. The molecule has 2 heterocycles. The Hall–Kier alpha value is -1.55. The van der Waals surface area contributed by atoms with Gasteiger partial charge >= 0.3 is 0 Å². The van der Waals surface area contributed by atoms with E-state index in [0.29, 0.717) is 17.3 Å². The van der Waals surface area contributed by atoms with Gasteiger partial charge < -0.3 is 10.6 Å². The summed E-state index contributed by atoms with van der Waals surface area (Å²) in [5.74, 6) is 0.120. The van der Waals surface area contributed by atoms with Crippen molar-refractivity contribution in [1.82, 2.24) is 9.80 Å². The average Bonchev–Trinajstić information content (AvgIpc) is 2.46. The molecule has 0 aromatic heterocycles. The minimum Gasteiger partial charge on any atom is -0.399 e. The molecule has 0 radical (unpaired) electrons. The number of nitrogens with zero attached hydrogens (tertiary/aromatic N) is 2. The Morgan fingerprint density at radius 2 is 2.15 bits per heavy atom. The van der Waals surface area contributed by atoms with Crippen LogP contribution in [0.1, 0.15) is 36.5 Å². The number of nitrogens with two attached hydrogens (primary N) is 1. The van der Waals surface area contributed by atoms with E-state index in [2.05, 4.69) is 11.8 Å². The second-order valence-electron chi connectivity index (χ2n) is 6.08. The Morgan fingerprint density at radius 1 is 1.30 bits per heavy atom. The molecule has 1 amide bonds. The molecule has 0 bridgehead atoms. The first kappa shape index (κ1) is 13.4. The van der Waals surface area contributed by atoms with Crippen LogP contribution in [0, 0.1) is 0 Å². The van der Waals surface area contributed by atoms with Crippen LogP contribution in [-0.4, -0.2) is 47.4 Å². The molecule has 2 N–H and O–H groups in total. The second-order valence-corrected chi connectivity index (χ2v) is 6.08. The molecule has 4 heteroatoms. The molecule has 2 unspecified atom stereocenters. The molecular formula is C16H23N3O. The highest BCUT2D eigenvalue weighted by atomic mass is 16.2. The lowest BCUT2D eigenvalue weighted by atomic mass is 9.96. The molecular weight excluding hydrogens is 250 g/mol. The van der Waals surface area contributed by atoms with Crippen LogP contribution in [0.15, 0.2) is 24.3 Å². The predicted octanol–water partition coefficient (Wildman–Crippen LogP) is 1.97. The number of piperazine rings is 1. The van der Waals surface area contributed by atoms with E-state index in [9.17, 15) is 4.79 Å². The van der Waals surface area contributed by atoms with Gasteiger partial charge in [0.2, 0.25) is 0 Å². The first-order valence-corrected chi connectivity index (χ1v) is 7.55. The maximum atomic E-state index is 12.7. The lowest BCUT2D eigenvalue weighted by molar-refractivity contribution is 0.0152. The van der Waals surface area contributed by atoms with Crippen molar-refractivity contribution in [3.63, 3.8) is 0 Å². The maximum Gasteiger partial charge on any atom is 0.254 e. The molecule has 2 aliphatic heterocycles. The largest absolute Gasteiger partial charge is 0.399 e. The Morgan fingerprint density at radius 3 is 2.95 bits per heavy atom. The van der Waals surface area contributed by atoms with E-state index in [-0.39, 0.29) is 11.9 Å². The molecule has 2 saturated heterocycles. The summed E-state index contributed by atoms with van der Waals surface area (Å²) in [7, 11) is 0. The zero-order valence-electron chi connectivity index (χ0n) is 12.1. The maximum absolute atomic E-state index is 12.7. The SMILES string of the molecule is CC1CN2CCCCC2CN1C(=O)c1cccc(N)c1. The third-order valence-electron chi connectivity index (χ3n) is 4.58. The van der Waals surface area contributed by atoms with Crippen molar-refractivity contribution in [2.45, 2.75) is 38.3 Å². The number of hydrogen-bond donors (Lipinski definition) is 1. The zero-order valence-corrected chi connectivity index (χ0v) is 12.1. The van der Waals surface area contributed by atoms with Crippen molar-refractivity contribution in [1.29, 1.82) is 0 Å². The van der Waals surface area contributed by atoms with Gasteiger partial charge in [0.15, 0.2) is 0 Å². The summed E-state index contributed by atoms with van der Waals surface area (Å²) in [6.07, 6.45) is 3.80. The van der Waals surface area contributed by atoms with E-state index in [1.807, 2.05) is 23.1 Å². The van der Waals surface area contributed by atoms with E-state index < -0.39 is 0 Å². The fourth-order valence-electron chi connectivity index (χ4n) is 3.47. The van der Waals surface area contributed by atoms with Crippen molar-refractivity contribution in [3.8, 4) is 0 Å². The van der Waals surface area contributed by atoms with Crippen LogP contribution in [0.25, 0.3) is 0 Å². The van der Waals surface area contributed by atoms with Gasteiger partial charge in [-0.3, -0.25) is 9.69 Å². The summed E-state index contributed by atoms with van der Waals surface area (Å²) in [5.41, 5.74) is 7.15. The number of amides is 1. The summed E-state index contributed by atoms with van der Waals surface area (Å²) in [6, 6.07) is 8.13. The van der Waals surface area contributed by atoms with E-state index >= 15 is 0 Å². The van der Waals surface area contributed by atoms with Gasteiger partial charge in [-0.15, -0.1) is 0 Å². The molecule has 2 aliphatic rings. The quantitative estimate of drug-likeness (QED) is 0.796. The monoisotopic (exact) mass is 273 g/mol. The van der Waals surface area contributed by atoms with Crippen LogP contribution in [0.3, 0.4) is 0 Å². The standard InChI is InChI=1S/C16H23N3O/c1-12-10-18-8-3-2-7-15(18)11-19(12)16(20)13-5-4-6-14(17)9-13/h4-6,9,12,15H,2-3,7-8,10-11,17H2,1H3. The van der Waals surface area contributed by atoms with Gasteiger partial charge in [-0.2, -0.15) is 0 Å². The molecule has 1 aromatic carbocycles. The van der Waals surface area contributed by atoms with E-state index in [4.69, 9.17) is 5.73 Å². The molecule has 0 aliphatic carbocycles. The number of hydrogen-bond acceptors (Lipinski definition) is 3. The molecule has 1 aromatic rings. The van der Waals surface area contributed by atoms with Crippen molar-refractivity contribution in [2.24, 2.45) is 0 Å². The summed E-state index contributed by atoms with van der Waals surface area (Å²) in [4.78, 5) is 17.3. The number of carbonyl (C=O) groups is 1. The van der Waals surface area contributed by atoms with Gasteiger partial charge in [-0.05, 0) is 44.5 Å². The van der Waals surface area contributed by atoms with Gasteiger partial charge in [0, 0.05) is 36.4 Å². The fraction of sp³-hybridized carbons (Fsp3) is 0.562. The van der Waals surface area contributed by atoms with E-state index in [1.165, 1.54) is 25.8 Å². The lowest BCUT2D eigenvalue weighted by Gasteiger charge is -2.47. The Labute approximate surface area is 120 Å². The first-order valence-electron chi connectivity index (χ1n) is 7.55. The summed E-state index contributed by atoms with van der Waals surface area (Å²) in [5, 5.41) is 0. The Balaban J connectivity index is 1.77. The number of piperidine rings is 1. The van der Waals surface area contributed by atoms with Crippen molar-refractivity contribution in [2.75, 3.05) is 25.4 Å². The smallest absolute Gasteiger partial charge is 0.254 e. The minimum absolute atomic E-state index is 0.120. The van der Waals surface area contributed by atoms with Crippen molar-refractivity contribution < 1.29 is 4.79 Å². The molecule has 2 atom stereocenters. The van der Waals surface area contributed by atoms with Gasteiger partial charge in [-0.1, -0.05) is 12.5 Å². The first-order chi connectivity index (χ1) is 9.65. The molecule has 20 heavy (non-hydrogen) atoms. The predicted molar refractivity (Wildman–Crippen MR) is 80.6 cm³/mol. The van der Waals surface area contributed by atoms with Crippen LogP contribution in [0.4, 0.5) is 5.69 Å². The highest BCUT2D eigenvalue weighted by molar-refractivity contribution is 5.95. The van der Waals surface area contributed by atoms with Crippen molar-refractivity contribution in [3.05, 3.63) is 29.8 Å². The summed E-state index contributed by atoms with van der Waals surface area (Å²) >= 11 is 0. The molecule has 4 nitrogen and oxygen atoms in total. The third kappa shape index (κ3) is 2.52. The van der Waals surface area contributed by atoms with Crippen LogP contribution in [0.5, 0.6) is 0 Å². The van der Waals surface area contributed by atoms with Gasteiger partial charge in [0.1, 0.15) is 0 Å². The molecule has 3 rings (SSSR count). The number of carbonyl (C=O) groups excluding carboxylic acids is 1. The molecule has 2 fully saturated rings. The van der Waals surface area contributed by atoms with Gasteiger partial charge in [0.05, 0.1) is 0 Å². The number of fused-ring (bicyclic) bond motifs is 1. The van der Waals surface area contributed by atoms with Gasteiger partial charge in [0.25, 0.3) is 5.91 Å². The topological polar surface area (TPSA) is 49.6 Å². The normalized spacial score (nSPS) is 27.1. The van der Waals surface area contributed by atoms with Crippen LogP contribution in [0.2, 0.25) is 0 Å². The number of benzene rings is 1. The third-order valence-corrected chi connectivity index (χ3v) is 4.58.